The van der Waals surface area contributed by atoms with Gasteiger partial charge in [-0.15, -0.1) is 0 Å². The Balaban J connectivity index is 2.75. The molecule has 0 bridgehead atoms. The van der Waals surface area contributed by atoms with Crippen LogP contribution >= 0.6 is 0 Å². The first-order valence-electron chi connectivity index (χ1n) is 6.25. The van der Waals surface area contributed by atoms with Crippen LogP contribution in [0.4, 0.5) is 5.69 Å². The van der Waals surface area contributed by atoms with Crippen molar-refractivity contribution in [2.24, 2.45) is 11.7 Å². The highest BCUT2D eigenvalue weighted by Crippen LogP contribution is 2.22. The van der Waals surface area contributed by atoms with E-state index >= 15 is 0 Å². The molecular formula is C14H22N2O2. The second kappa shape index (κ2) is 6.52. The molecule has 0 saturated carbocycles. The zero-order valence-electron chi connectivity index (χ0n) is 11.2. The van der Waals surface area contributed by atoms with Gasteiger partial charge < -0.3 is 16.2 Å². The summed E-state index contributed by atoms with van der Waals surface area (Å²) in [7, 11) is 0. The van der Waals surface area contributed by atoms with E-state index in [2.05, 4.69) is 5.32 Å². The molecule has 4 nitrogen and oxygen atoms in total. The number of anilines is 1. The molecule has 0 aromatic heterocycles. The van der Waals surface area contributed by atoms with Gasteiger partial charge in [0.05, 0.1) is 12.1 Å². The minimum absolute atomic E-state index is 0.211. The van der Waals surface area contributed by atoms with Crippen LogP contribution in [0, 0.1) is 5.92 Å². The zero-order chi connectivity index (χ0) is 13.7. The summed E-state index contributed by atoms with van der Waals surface area (Å²) in [6.07, 6.45) is 0.0192. The first kappa shape index (κ1) is 14.7. The molecule has 4 heteroatoms. The molecule has 1 unspecified atom stereocenters. The largest absolute Gasteiger partial charge is 0.389 e. The first-order chi connectivity index (χ1) is 8.41. The Hall–Kier alpha value is -1.39. The Labute approximate surface area is 108 Å². The van der Waals surface area contributed by atoms with Gasteiger partial charge in [0.2, 0.25) is 5.91 Å². The maximum atomic E-state index is 11.9. The highest BCUT2D eigenvalue weighted by molar-refractivity contribution is 5.95. The van der Waals surface area contributed by atoms with E-state index in [1.165, 1.54) is 0 Å². The number of hydrogen-bond acceptors (Lipinski definition) is 3. The van der Waals surface area contributed by atoms with Crippen LogP contribution in [0.3, 0.4) is 0 Å². The number of amides is 1. The van der Waals surface area contributed by atoms with Gasteiger partial charge in [-0.05, 0) is 25.3 Å². The fourth-order valence-electron chi connectivity index (χ4n) is 1.82. The number of carbonyl (C=O) groups is 1. The molecule has 0 aliphatic carbocycles. The van der Waals surface area contributed by atoms with Crippen molar-refractivity contribution in [1.82, 2.24) is 0 Å². The number of carbonyl (C=O) groups excluding carboxylic acids is 1. The SMILES string of the molecule is CC(C)C[C@@H](N)C(=O)Nc1ccccc1C(C)O. The van der Waals surface area contributed by atoms with Crippen LogP contribution in [-0.2, 0) is 4.79 Å². The third-order valence-corrected chi connectivity index (χ3v) is 2.73. The minimum Gasteiger partial charge on any atom is -0.389 e. The van der Waals surface area contributed by atoms with E-state index in [4.69, 9.17) is 5.73 Å². The normalized spacial score (nSPS) is 14.3. The summed E-state index contributed by atoms with van der Waals surface area (Å²) in [5.41, 5.74) is 7.14. The Kier molecular flexibility index (Phi) is 5.31. The average molecular weight is 250 g/mol. The summed E-state index contributed by atoms with van der Waals surface area (Å²) < 4.78 is 0. The number of rotatable bonds is 5. The molecule has 2 atom stereocenters. The molecule has 100 valence electrons. The molecule has 0 fully saturated rings. The summed E-state index contributed by atoms with van der Waals surface area (Å²) in [5, 5.41) is 12.4. The van der Waals surface area contributed by atoms with Crippen molar-refractivity contribution >= 4 is 11.6 Å². The predicted octanol–water partition coefficient (Wildman–Crippen LogP) is 2.05. The molecule has 1 amide bonds. The first-order valence-corrected chi connectivity index (χ1v) is 6.25. The Morgan fingerprint density at radius 3 is 2.50 bits per heavy atom. The van der Waals surface area contributed by atoms with E-state index in [-0.39, 0.29) is 5.91 Å². The number of hydrogen-bond donors (Lipinski definition) is 3. The fourth-order valence-corrected chi connectivity index (χ4v) is 1.82. The second-order valence-electron chi connectivity index (χ2n) is 4.99. The van der Waals surface area contributed by atoms with E-state index in [0.717, 1.165) is 0 Å². The van der Waals surface area contributed by atoms with Crippen molar-refractivity contribution in [1.29, 1.82) is 0 Å². The molecule has 18 heavy (non-hydrogen) atoms. The third-order valence-electron chi connectivity index (χ3n) is 2.73. The highest BCUT2D eigenvalue weighted by atomic mass is 16.3. The molecule has 1 aromatic rings. The van der Waals surface area contributed by atoms with Crippen molar-refractivity contribution < 1.29 is 9.90 Å². The van der Waals surface area contributed by atoms with Crippen LogP contribution in [0.5, 0.6) is 0 Å². The lowest BCUT2D eigenvalue weighted by atomic mass is 10.0. The highest BCUT2D eigenvalue weighted by Gasteiger charge is 2.17. The van der Waals surface area contributed by atoms with Crippen LogP contribution in [0.2, 0.25) is 0 Å². The summed E-state index contributed by atoms with van der Waals surface area (Å²) in [6.45, 7) is 5.72. The Bertz CT molecular complexity index is 403. The predicted molar refractivity (Wildman–Crippen MR) is 73.1 cm³/mol. The average Bonchev–Trinajstić information content (AvgIpc) is 2.28. The van der Waals surface area contributed by atoms with Crippen LogP contribution < -0.4 is 11.1 Å². The molecule has 1 rings (SSSR count). The van der Waals surface area contributed by atoms with Crippen LogP contribution in [-0.4, -0.2) is 17.1 Å². The lowest BCUT2D eigenvalue weighted by Crippen LogP contribution is -2.36. The molecule has 4 N–H and O–H groups in total. The number of aliphatic hydroxyl groups is 1. The fraction of sp³-hybridized carbons (Fsp3) is 0.500. The van der Waals surface area contributed by atoms with E-state index in [1.807, 2.05) is 26.0 Å². The van der Waals surface area contributed by atoms with Crippen molar-refractivity contribution in [3.63, 3.8) is 0 Å². The van der Waals surface area contributed by atoms with Crippen molar-refractivity contribution in [2.45, 2.75) is 39.3 Å². The van der Waals surface area contributed by atoms with Crippen molar-refractivity contribution in [3.8, 4) is 0 Å². The molecule has 0 radical (unpaired) electrons. The van der Waals surface area contributed by atoms with Gasteiger partial charge in [-0.3, -0.25) is 4.79 Å². The van der Waals surface area contributed by atoms with Gasteiger partial charge >= 0.3 is 0 Å². The van der Waals surface area contributed by atoms with E-state index in [9.17, 15) is 9.90 Å². The van der Waals surface area contributed by atoms with Crippen molar-refractivity contribution in [2.75, 3.05) is 5.32 Å². The lowest BCUT2D eigenvalue weighted by molar-refractivity contribution is -0.117. The third kappa shape index (κ3) is 4.13. The molecule has 0 aliphatic rings. The number of nitrogens with one attached hydrogen (secondary N) is 1. The standard InChI is InChI=1S/C14H22N2O2/c1-9(2)8-12(15)14(18)16-13-7-5-4-6-11(13)10(3)17/h4-7,9-10,12,17H,8,15H2,1-3H3,(H,16,18)/t10?,12-/m1/s1. The monoisotopic (exact) mass is 250 g/mol. The van der Waals surface area contributed by atoms with Gasteiger partial charge in [0.15, 0.2) is 0 Å². The maximum absolute atomic E-state index is 11.9. The molecule has 1 aromatic carbocycles. The number of nitrogens with two attached hydrogens (primary N) is 1. The Morgan fingerprint density at radius 1 is 1.33 bits per heavy atom. The van der Waals surface area contributed by atoms with Gasteiger partial charge in [-0.25, -0.2) is 0 Å². The molecule has 0 saturated heterocycles. The molecule has 0 heterocycles. The van der Waals surface area contributed by atoms with Gasteiger partial charge in [0.1, 0.15) is 0 Å². The van der Waals surface area contributed by atoms with Gasteiger partial charge in [-0.1, -0.05) is 32.0 Å². The number of para-hydroxylation sites is 1. The van der Waals surface area contributed by atoms with Gasteiger partial charge in [-0.2, -0.15) is 0 Å². The number of benzene rings is 1. The van der Waals surface area contributed by atoms with Crippen molar-refractivity contribution in [3.05, 3.63) is 29.8 Å². The number of aliphatic hydroxyl groups excluding tert-OH is 1. The maximum Gasteiger partial charge on any atom is 0.241 e. The van der Waals surface area contributed by atoms with E-state index in [0.29, 0.717) is 23.6 Å². The quantitative estimate of drug-likeness (QED) is 0.748. The second-order valence-corrected chi connectivity index (χ2v) is 4.99. The molecule has 0 aliphatic heterocycles. The van der Waals surface area contributed by atoms with Gasteiger partial charge in [0.25, 0.3) is 0 Å². The Morgan fingerprint density at radius 2 is 1.94 bits per heavy atom. The lowest BCUT2D eigenvalue weighted by Gasteiger charge is -2.17. The van der Waals surface area contributed by atoms with E-state index < -0.39 is 12.1 Å². The van der Waals surface area contributed by atoms with Crippen LogP contribution in [0.1, 0.15) is 38.9 Å². The summed E-state index contributed by atoms with van der Waals surface area (Å²) >= 11 is 0. The van der Waals surface area contributed by atoms with E-state index in [1.54, 1.807) is 19.1 Å². The summed E-state index contributed by atoms with van der Waals surface area (Å²) in [4.78, 5) is 11.9. The zero-order valence-corrected chi connectivity index (χ0v) is 11.2. The summed E-state index contributed by atoms with van der Waals surface area (Å²) in [6, 6.07) is 6.67. The topological polar surface area (TPSA) is 75.4 Å². The van der Waals surface area contributed by atoms with Crippen LogP contribution in [0.25, 0.3) is 0 Å². The molecule has 0 spiro atoms. The molecular weight excluding hydrogens is 228 g/mol. The summed E-state index contributed by atoms with van der Waals surface area (Å²) in [5.74, 6) is 0.162. The minimum atomic E-state index is -0.622. The smallest absolute Gasteiger partial charge is 0.241 e. The van der Waals surface area contributed by atoms with Gasteiger partial charge in [0, 0.05) is 11.3 Å². The van der Waals surface area contributed by atoms with Crippen LogP contribution in [0.15, 0.2) is 24.3 Å².